The highest BCUT2D eigenvalue weighted by Crippen LogP contribution is 2.49. The van der Waals surface area contributed by atoms with Crippen molar-refractivity contribution < 1.29 is 83.4 Å². The van der Waals surface area contributed by atoms with Crippen molar-refractivity contribution in [2.24, 2.45) is 5.41 Å². The van der Waals surface area contributed by atoms with Crippen molar-refractivity contribution >= 4 is 0 Å². The van der Waals surface area contributed by atoms with E-state index in [1.807, 2.05) is 0 Å². The summed E-state index contributed by atoms with van der Waals surface area (Å²) < 4.78 is 224. The number of hydrogen-bond acceptors (Lipinski definition) is 0. The average molecular weight is 586 g/mol. The van der Waals surface area contributed by atoms with Crippen molar-refractivity contribution in [1.82, 2.24) is 0 Å². The van der Waals surface area contributed by atoms with Crippen molar-refractivity contribution in [2.45, 2.75) is 102 Å². The highest BCUT2D eigenvalue weighted by Gasteiger charge is 2.64. The third-order valence-electron chi connectivity index (χ3n) is 4.21. The van der Waals surface area contributed by atoms with Crippen LogP contribution in [0.1, 0.15) is 53.4 Å². The van der Waals surface area contributed by atoms with Crippen LogP contribution < -0.4 is 0 Å². The van der Waals surface area contributed by atoms with E-state index in [1.54, 1.807) is 0 Å². The van der Waals surface area contributed by atoms with Crippen LogP contribution in [0.4, 0.5) is 83.4 Å². The normalized spacial score (nSPS) is 14.7. The second-order valence-corrected chi connectivity index (χ2v) is 7.53. The minimum atomic E-state index is -5.29. The van der Waals surface area contributed by atoms with Gasteiger partial charge in [-0.15, -0.1) is 0 Å². The highest BCUT2D eigenvalue weighted by atomic mass is 19.4. The zero-order valence-electron chi connectivity index (χ0n) is 18.6. The topological polar surface area (TPSA) is 0 Å². The van der Waals surface area contributed by atoms with Crippen LogP contribution in [0.3, 0.4) is 0 Å². The average Bonchev–Trinajstić information content (AvgIpc) is 2.57. The van der Waals surface area contributed by atoms with E-state index in [1.165, 1.54) is 0 Å². The second kappa shape index (κ2) is 12.5. The van der Waals surface area contributed by atoms with Crippen LogP contribution in [0.25, 0.3) is 0 Å². The van der Waals surface area contributed by atoms with Crippen LogP contribution in [0, 0.1) is 5.41 Å². The molecule has 0 atom stereocenters. The lowest BCUT2D eigenvalue weighted by atomic mass is 9.92. The van der Waals surface area contributed by atoms with Gasteiger partial charge in [0.25, 0.3) is 0 Å². The van der Waals surface area contributed by atoms with Gasteiger partial charge in [-0.1, -0.05) is 13.8 Å². The van der Waals surface area contributed by atoms with Crippen LogP contribution in [0.5, 0.6) is 0 Å². The van der Waals surface area contributed by atoms with E-state index in [-0.39, 0.29) is 13.8 Å². The summed E-state index contributed by atoms with van der Waals surface area (Å²) >= 11 is 0. The highest BCUT2D eigenvalue weighted by molar-refractivity contribution is 4.86. The van der Waals surface area contributed by atoms with Gasteiger partial charge in [0.05, 0.1) is 6.42 Å². The first-order chi connectivity index (χ1) is 15.2. The van der Waals surface area contributed by atoms with Crippen molar-refractivity contribution in [1.29, 1.82) is 0 Å². The second-order valence-electron chi connectivity index (χ2n) is 7.53. The molecule has 0 aromatic heterocycles. The quantitative estimate of drug-likeness (QED) is 0.261. The maximum absolute atomic E-state index is 12.2. The van der Waals surface area contributed by atoms with Crippen LogP contribution in [0.15, 0.2) is 0 Å². The monoisotopic (exact) mass is 586 g/mol. The Morgan fingerprint density at radius 1 is 0.472 bits per heavy atom. The van der Waals surface area contributed by atoms with Gasteiger partial charge in [-0.25, -0.2) is 8.78 Å². The van der Waals surface area contributed by atoms with Gasteiger partial charge >= 0.3 is 42.2 Å². The van der Waals surface area contributed by atoms with E-state index < -0.39 is 79.7 Å². The summed E-state index contributed by atoms with van der Waals surface area (Å²) in [7, 11) is 0. The third-order valence-corrected chi connectivity index (χ3v) is 4.21. The first-order valence-electron chi connectivity index (χ1n) is 9.24. The molecule has 0 aliphatic carbocycles. The fourth-order valence-electron chi connectivity index (χ4n) is 1.40. The molecule has 36 heavy (non-hydrogen) atoms. The molecule has 0 fully saturated rings. The predicted octanol–water partition coefficient (Wildman–Crippen LogP) is 10.1. The molecule has 0 aromatic carbocycles. The molecule has 222 valence electrons. The zero-order chi connectivity index (χ0) is 30.4. The Morgan fingerprint density at radius 2 is 0.750 bits per heavy atom. The Labute approximate surface area is 192 Å². The standard InChI is InChI=1S/C6H7F7.C6H8F6.C5H6F6/c1-2-4(7,8)5(9,10)3-6(11,12)13;1-2-5(9,10)6(11,12)3-4(7)8;1-3(2,4(6,7)8)5(9,10)11/h2-3H2,1H3;4H,2-3H2,1H3;1-2H3. The first-order valence-corrected chi connectivity index (χ1v) is 9.24. The van der Waals surface area contributed by atoms with Crippen molar-refractivity contribution in [3.63, 3.8) is 0 Å². The fourth-order valence-corrected chi connectivity index (χ4v) is 1.40. The van der Waals surface area contributed by atoms with Crippen LogP contribution in [0.2, 0.25) is 0 Å². The predicted molar refractivity (Wildman–Crippen MR) is 87.6 cm³/mol. The van der Waals surface area contributed by atoms with Crippen molar-refractivity contribution in [2.75, 3.05) is 0 Å². The molecule has 0 N–H and O–H groups in total. The molecule has 0 heterocycles. The molecule has 19 heteroatoms. The Bertz CT molecular complexity index is 605. The van der Waals surface area contributed by atoms with E-state index in [0.29, 0.717) is 6.92 Å². The lowest BCUT2D eigenvalue weighted by Crippen LogP contribution is -2.44. The lowest BCUT2D eigenvalue weighted by molar-refractivity contribution is -0.327. The molecule has 0 bridgehead atoms. The Hall–Kier alpha value is -1.33. The summed E-state index contributed by atoms with van der Waals surface area (Å²) in [6.07, 6.45) is -26.5. The summed E-state index contributed by atoms with van der Waals surface area (Å²) in [5.41, 5.74) is -3.62. The minimum absolute atomic E-state index is 0.104. The van der Waals surface area contributed by atoms with E-state index in [4.69, 9.17) is 0 Å². The maximum Gasteiger partial charge on any atom is 0.402 e. The molecule has 0 spiro atoms. The van der Waals surface area contributed by atoms with Crippen LogP contribution >= 0.6 is 0 Å². The number of hydrogen-bond donors (Lipinski definition) is 0. The van der Waals surface area contributed by atoms with Gasteiger partial charge in [-0.3, -0.25) is 0 Å². The first kappa shape index (κ1) is 39.2. The van der Waals surface area contributed by atoms with E-state index >= 15 is 0 Å². The molecular weight excluding hydrogens is 565 g/mol. The molecule has 0 nitrogen and oxygen atoms in total. The van der Waals surface area contributed by atoms with Crippen LogP contribution in [-0.4, -0.2) is 48.6 Å². The Kier molecular flexibility index (Phi) is 13.6. The molecule has 0 aromatic rings. The smallest absolute Gasteiger partial charge is 0.210 e. The Morgan fingerprint density at radius 3 is 0.917 bits per heavy atom. The lowest BCUT2D eigenvalue weighted by Gasteiger charge is -2.29. The van der Waals surface area contributed by atoms with Gasteiger partial charge in [0, 0.05) is 12.8 Å². The van der Waals surface area contributed by atoms with E-state index in [2.05, 4.69) is 0 Å². The van der Waals surface area contributed by atoms with Gasteiger partial charge in [0.2, 0.25) is 6.43 Å². The number of alkyl halides is 19. The van der Waals surface area contributed by atoms with Crippen molar-refractivity contribution in [3.8, 4) is 0 Å². The van der Waals surface area contributed by atoms with Gasteiger partial charge in [-0.05, 0) is 13.8 Å². The van der Waals surface area contributed by atoms with Gasteiger partial charge < -0.3 is 0 Å². The summed E-state index contributed by atoms with van der Waals surface area (Å²) in [6.45, 7) is 1.73. The molecular formula is C17H21F19. The minimum Gasteiger partial charge on any atom is -0.210 e. The van der Waals surface area contributed by atoms with E-state index in [0.717, 1.165) is 6.92 Å². The summed E-state index contributed by atoms with van der Waals surface area (Å²) in [5, 5.41) is 0. The maximum atomic E-state index is 12.2. The fraction of sp³-hybridized carbons (Fsp3) is 1.00. The molecule has 0 aliphatic heterocycles. The Balaban J connectivity index is -0.000000455. The zero-order valence-corrected chi connectivity index (χ0v) is 18.6. The summed E-state index contributed by atoms with van der Waals surface area (Å²) in [5.74, 6) is -18.6. The summed E-state index contributed by atoms with van der Waals surface area (Å²) in [6, 6.07) is 0. The molecule has 0 radical (unpaired) electrons. The SMILES string of the molecule is CC(C)(C(F)(F)F)C(F)(F)F.CCC(F)(F)C(F)(F)CC(F)(F)F.CCC(F)(F)C(F)(F)CC(F)F. The summed E-state index contributed by atoms with van der Waals surface area (Å²) in [4.78, 5) is 0. The molecule has 0 aliphatic rings. The molecule has 0 unspecified atom stereocenters. The van der Waals surface area contributed by atoms with Gasteiger partial charge in [0.1, 0.15) is 6.42 Å². The van der Waals surface area contributed by atoms with Gasteiger partial charge in [0.15, 0.2) is 5.41 Å². The number of halogens is 19. The number of rotatable bonds is 7. The molecule has 0 saturated heterocycles. The van der Waals surface area contributed by atoms with E-state index in [9.17, 15) is 83.4 Å². The third kappa shape index (κ3) is 12.3. The largest absolute Gasteiger partial charge is 0.402 e. The van der Waals surface area contributed by atoms with Crippen molar-refractivity contribution in [3.05, 3.63) is 0 Å². The van der Waals surface area contributed by atoms with Gasteiger partial charge in [-0.2, -0.15) is 74.6 Å². The molecule has 0 saturated carbocycles. The molecule has 0 amide bonds. The molecule has 0 rings (SSSR count). The van der Waals surface area contributed by atoms with Crippen LogP contribution in [-0.2, 0) is 0 Å².